The van der Waals surface area contributed by atoms with Crippen molar-refractivity contribution in [3.63, 3.8) is 0 Å². The Balaban J connectivity index is 1.87. The van der Waals surface area contributed by atoms with Gasteiger partial charge in [0.25, 0.3) is 5.91 Å². The van der Waals surface area contributed by atoms with Crippen molar-refractivity contribution in [3.05, 3.63) is 58.7 Å². The van der Waals surface area contributed by atoms with E-state index >= 15 is 0 Å². The Labute approximate surface area is 155 Å². The molecule has 0 aromatic heterocycles. The lowest BCUT2D eigenvalue weighted by Gasteiger charge is -2.10. The van der Waals surface area contributed by atoms with Crippen LogP contribution in [0.3, 0.4) is 0 Å². The molecule has 0 unspecified atom stereocenters. The van der Waals surface area contributed by atoms with Crippen LogP contribution in [0.25, 0.3) is 0 Å². The van der Waals surface area contributed by atoms with Crippen LogP contribution in [-0.4, -0.2) is 25.8 Å². The van der Waals surface area contributed by atoms with E-state index in [9.17, 15) is 4.79 Å². The largest absolute Gasteiger partial charge is 0.496 e. The van der Waals surface area contributed by atoms with E-state index in [0.717, 1.165) is 22.4 Å². The predicted octanol–water partition coefficient (Wildman–Crippen LogP) is 3.96. The maximum atomic E-state index is 11.9. The molecule has 0 aliphatic carbocycles. The second-order valence-corrected chi connectivity index (χ2v) is 6.41. The summed E-state index contributed by atoms with van der Waals surface area (Å²) in [6.07, 6.45) is 1.62. The molecule has 2 rings (SSSR count). The molecule has 0 fully saturated rings. The van der Waals surface area contributed by atoms with Crippen molar-refractivity contribution in [3.8, 4) is 11.5 Å². The van der Waals surface area contributed by atoms with Crippen LogP contribution in [0.15, 0.2) is 41.5 Å². The maximum Gasteiger partial charge on any atom is 0.277 e. The number of ether oxygens (including phenoxy) is 2. The summed E-state index contributed by atoms with van der Waals surface area (Å²) in [6, 6.07) is 11.5. The first-order chi connectivity index (χ1) is 12.4. The second kappa shape index (κ2) is 9.04. The van der Waals surface area contributed by atoms with Crippen LogP contribution in [0.4, 0.5) is 0 Å². The van der Waals surface area contributed by atoms with Gasteiger partial charge in [-0.05, 0) is 66.3 Å². The molecule has 0 atom stereocenters. The highest BCUT2D eigenvalue weighted by atomic mass is 16.5. The van der Waals surface area contributed by atoms with Crippen molar-refractivity contribution < 1.29 is 14.3 Å². The number of hydrogen-bond acceptors (Lipinski definition) is 4. The Bertz CT molecular complexity index is 781. The summed E-state index contributed by atoms with van der Waals surface area (Å²) < 4.78 is 10.8. The van der Waals surface area contributed by atoms with Gasteiger partial charge in [-0.25, -0.2) is 5.43 Å². The summed E-state index contributed by atoms with van der Waals surface area (Å²) in [7, 11) is 1.64. The van der Waals surface area contributed by atoms with E-state index in [1.807, 2.05) is 50.2 Å². The monoisotopic (exact) mass is 354 g/mol. The number of hydrazone groups is 1. The Morgan fingerprint density at radius 2 is 1.81 bits per heavy atom. The van der Waals surface area contributed by atoms with Crippen molar-refractivity contribution >= 4 is 12.1 Å². The molecule has 0 spiro atoms. The molecule has 2 aromatic carbocycles. The molecule has 138 valence electrons. The summed E-state index contributed by atoms with van der Waals surface area (Å²) in [5, 5.41) is 4.00. The minimum Gasteiger partial charge on any atom is -0.496 e. The molecule has 26 heavy (non-hydrogen) atoms. The molecule has 5 heteroatoms. The van der Waals surface area contributed by atoms with Crippen LogP contribution < -0.4 is 14.9 Å². The topological polar surface area (TPSA) is 59.9 Å². The highest BCUT2D eigenvalue weighted by molar-refractivity contribution is 5.85. The average Bonchev–Trinajstić information content (AvgIpc) is 2.64. The molecular weight excluding hydrogens is 328 g/mol. The first-order valence-corrected chi connectivity index (χ1v) is 8.61. The number of carbonyl (C=O) groups excluding carboxylic acids is 1. The molecule has 0 bridgehead atoms. The zero-order valence-corrected chi connectivity index (χ0v) is 16.0. The van der Waals surface area contributed by atoms with Crippen LogP contribution in [0, 0.1) is 13.8 Å². The second-order valence-electron chi connectivity index (χ2n) is 6.41. The third-order valence-corrected chi connectivity index (χ3v) is 4.31. The van der Waals surface area contributed by atoms with E-state index in [1.54, 1.807) is 13.3 Å². The fraction of sp³-hybridized carbons (Fsp3) is 0.333. The Morgan fingerprint density at radius 1 is 1.12 bits per heavy atom. The summed E-state index contributed by atoms with van der Waals surface area (Å²) >= 11 is 0. The van der Waals surface area contributed by atoms with Gasteiger partial charge in [0.2, 0.25) is 0 Å². The van der Waals surface area contributed by atoms with E-state index < -0.39 is 0 Å². The van der Waals surface area contributed by atoms with Gasteiger partial charge in [-0.2, -0.15) is 5.10 Å². The number of nitrogens with zero attached hydrogens (tertiary/aromatic N) is 1. The van der Waals surface area contributed by atoms with Gasteiger partial charge in [-0.1, -0.05) is 26.0 Å². The predicted molar refractivity (Wildman–Crippen MR) is 104 cm³/mol. The van der Waals surface area contributed by atoms with Crippen molar-refractivity contribution in [1.82, 2.24) is 5.43 Å². The third kappa shape index (κ3) is 5.09. The number of carbonyl (C=O) groups is 1. The minimum absolute atomic E-state index is 0.0843. The Kier molecular flexibility index (Phi) is 6.78. The SMILES string of the molecule is COc1ccc(C=NNC(=O)COc2ccc(C(C)C)cc2)c(C)c1C. The van der Waals surface area contributed by atoms with Gasteiger partial charge >= 0.3 is 0 Å². The summed E-state index contributed by atoms with van der Waals surface area (Å²) in [4.78, 5) is 11.9. The van der Waals surface area contributed by atoms with E-state index in [0.29, 0.717) is 11.7 Å². The third-order valence-electron chi connectivity index (χ3n) is 4.31. The molecular formula is C21H26N2O3. The van der Waals surface area contributed by atoms with Crippen LogP contribution in [0.1, 0.15) is 42.0 Å². The molecule has 1 amide bonds. The molecule has 0 saturated heterocycles. The highest BCUT2D eigenvalue weighted by Crippen LogP contribution is 2.22. The first-order valence-electron chi connectivity index (χ1n) is 8.61. The van der Waals surface area contributed by atoms with Crippen molar-refractivity contribution in [2.45, 2.75) is 33.6 Å². The quantitative estimate of drug-likeness (QED) is 0.605. The molecule has 0 aliphatic rings. The van der Waals surface area contributed by atoms with Crippen LogP contribution in [0.2, 0.25) is 0 Å². The number of amides is 1. The first kappa shape index (κ1) is 19.5. The number of rotatable bonds is 7. The molecule has 0 aliphatic heterocycles. The summed E-state index contributed by atoms with van der Waals surface area (Å²) in [5.41, 5.74) is 6.75. The fourth-order valence-electron chi connectivity index (χ4n) is 2.48. The fourth-order valence-corrected chi connectivity index (χ4v) is 2.48. The molecule has 0 radical (unpaired) electrons. The van der Waals surface area contributed by atoms with E-state index in [2.05, 4.69) is 24.4 Å². The van der Waals surface area contributed by atoms with Crippen molar-refractivity contribution in [2.24, 2.45) is 5.10 Å². The van der Waals surface area contributed by atoms with E-state index in [1.165, 1.54) is 5.56 Å². The molecule has 0 saturated carbocycles. The normalized spacial score (nSPS) is 11.0. The Morgan fingerprint density at radius 3 is 2.42 bits per heavy atom. The lowest BCUT2D eigenvalue weighted by Crippen LogP contribution is -2.24. The summed E-state index contributed by atoms with van der Waals surface area (Å²) in [5.74, 6) is 1.65. The van der Waals surface area contributed by atoms with Crippen LogP contribution >= 0.6 is 0 Å². The number of methoxy groups -OCH3 is 1. The maximum absolute atomic E-state index is 11.9. The molecule has 5 nitrogen and oxygen atoms in total. The lowest BCUT2D eigenvalue weighted by atomic mass is 10.0. The zero-order chi connectivity index (χ0) is 19.1. The van der Waals surface area contributed by atoms with E-state index in [4.69, 9.17) is 9.47 Å². The van der Waals surface area contributed by atoms with Crippen LogP contribution in [0.5, 0.6) is 11.5 Å². The number of nitrogens with one attached hydrogen (secondary N) is 1. The average molecular weight is 354 g/mol. The van der Waals surface area contributed by atoms with Gasteiger partial charge in [0, 0.05) is 0 Å². The van der Waals surface area contributed by atoms with Gasteiger partial charge < -0.3 is 9.47 Å². The van der Waals surface area contributed by atoms with Crippen molar-refractivity contribution in [2.75, 3.05) is 13.7 Å². The van der Waals surface area contributed by atoms with Crippen LogP contribution in [-0.2, 0) is 4.79 Å². The lowest BCUT2D eigenvalue weighted by molar-refractivity contribution is -0.123. The van der Waals surface area contributed by atoms with Gasteiger partial charge in [0.05, 0.1) is 13.3 Å². The summed E-state index contributed by atoms with van der Waals surface area (Å²) in [6.45, 7) is 8.16. The highest BCUT2D eigenvalue weighted by Gasteiger charge is 2.06. The number of benzene rings is 2. The van der Waals surface area contributed by atoms with Gasteiger partial charge in [0.15, 0.2) is 6.61 Å². The van der Waals surface area contributed by atoms with Crippen molar-refractivity contribution in [1.29, 1.82) is 0 Å². The van der Waals surface area contributed by atoms with E-state index in [-0.39, 0.29) is 12.5 Å². The molecule has 1 N–H and O–H groups in total. The molecule has 0 heterocycles. The van der Waals surface area contributed by atoms with Gasteiger partial charge in [-0.15, -0.1) is 0 Å². The van der Waals surface area contributed by atoms with Gasteiger partial charge in [-0.3, -0.25) is 4.79 Å². The number of hydrogen-bond donors (Lipinski definition) is 1. The molecule has 2 aromatic rings. The standard InChI is InChI=1S/C21H26N2O3/c1-14(2)17-6-9-19(10-7-17)26-13-21(24)23-22-12-18-8-11-20(25-5)16(4)15(18)3/h6-12,14H,13H2,1-5H3,(H,23,24). The zero-order valence-electron chi connectivity index (χ0n) is 16.0. The minimum atomic E-state index is -0.308. The smallest absolute Gasteiger partial charge is 0.277 e. The van der Waals surface area contributed by atoms with Gasteiger partial charge in [0.1, 0.15) is 11.5 Å². The Hall–Kier alpha value is -2.82.